The maximum absolute atomic E-state index is 7.46. The van der Waals surface area contributed by atoms with Gasteiger partial charge in [-0.15, -0.1) is 0 Å². The minimum absolute atomic E-state index is 0. The molecule has 1 N–H and O–H groups in total. The van der Waals surface area contributed by atoms with Crippen molar-refractivity contribution in [3.63, 3.8) is 0 Å². The number of hydrogen-bond acceptors (Lipinski definition) is 1. The summed E-state index contributed by atoms with van der Waals surface area (Å²) < 4.78 is 0. The number of hydrogen-bond donors (Lipinski definition) is 1. The Morgan fingerprint density at radius 3 is 1.75 bits per heavy atom. The van der Waals surface area contributed by atoms with E-state index in [0.717, 1.165) is 0 Å². The molecule has 0 aliphatic rings. The third-order valence-corrected chi connectivity index (χ3v) is 0. The third kappa shape index (κ3) is 10.7. The zero-order valence-corrected chi connectivity index (χ0v) is 1.86. The van der Waals surface area contributed by atoms with Gasteiger partial charge in [-0.3, -0.25) is 0 Å². The Bertz CT molecular complexity index is 6.00. The van der Waals surface area contributed by atoms with Crippen molar-refractivity contribution in [1.29, 1.82) is 0 Å². The average Bonchev–Trinajstić information content (AvgIpc) is 0.918. The van der Waals surface area contributed by atoms with Gasteiger partial charge in [0.1, 0.15) is 0 Å². The van der Waals surface area contributed by atoms with Crippen molar-refractivity contribution in [3.05, 3.63) is 6.92 Å². The van der Waals surface area contributed by atoms with Crippen molar-refractivity contribution >= 4 is 37.7 Å². The molecule has 0 spiro atoms. The van der Waals surface area contributed by atoms with Gasteiger partial charge >= 0.3 is 37.7 Å². The molecule has 0 aromatic heterocycles. The van der Waals surface area contributed by atoms with E-state index in [2.05, 4.69) is 6.92 Å². The first-order valence-corrected chi connectivity index (χ1v) is 0.816. The van der Waals surface area contributed by atoms with Gasteiger partial charge in [-0.2, -0.15) is 0 Å². The summed E-state index contributed by atoms with van der Waals surface area (Å²) in [4.78, 5) is 0. The van der Waals surface area contributed by atoms with Gasteiger partial charge < -0.3 is 5.11 Å². The molecule has 1 radical (unpaired) electrons. The SMILES string of the molecule is [CH2]CO.[CaH2]. The first-order valence-electron chi connectivity index (χ1n) is 0.816. The van der Waals surface area contributed by atoms with Crippen molar-refractivity contribution in [1.82, 2.24) is 0 Å². The normalized spacial score (nSPS) is 4.50. The maximum atomic E-state index is 7.46. The second kappa shape index (κ2) is 8.88. The number of aliphatic hydroxyl groups is 1. The molecule has 0 aliphatic carbocycles. The van der Waals surface area contributed by atoms with Crippen LogP contribution in [0.15, 0.2) is 0 Å². The van der Waals surface area contributed by atoms with Gasteiger partial charge in [0, 0.05) is 6.61 Å². The van der Waals surface area contributed by atoms with E-state index in [9.17, 15) is 0 Å². The van der Waals surface area contributed by atoms with E-state index in [1.807, 2.05) is 0 Å². The van der Waals surface area contributed by atoms with Crippen LogP contribution in [-0.2, 0) is 0 Å². The molecule has 0 aromatic carbocycles. The summed E-state index contributed by atoms with van der Waals surface area (Å²) >= 11 is 0. The van der Waals surface area contributed by atoms with Crippen molar-refractivity contribution in [2.75, 3.05) is 6.61 Å². The van der Waals surface area contributed by atoms with Crippen LogP contribution in [0.5, 0.6) is 0 Å². The molecule has 0 bridgehead atoms. The molecule has 0 saturated carbocycles. The Morgan fingerprint density at radius 2 is 1.75 bits per heavy atom. The summed E-state index contributed by atoms with van der Waals surface area (Å²) in [7, 11) is 0. The summed E-state index contributed by atoms with van der Waals surface area (Å²) in [6, 6.07) is 0. The van der Waals surface area contributed by atoms with E-state index in [0.29, 0.717) is 0 Å². The number of aliphatic hydroxyl groups excluding tert-OH is 1. The summed E-state index contributed by atoms with van der Waals surface area (Å²) in [5, 5.41) is 7.46. The van der Waals surface area contributed by atoms with Crippen LogP contribution >= 0.6 is 0 Å². The van der Waals surface area contributed by atoms with Crippen molar-refractivity contribution < 1.29 is 5.11 Å². The van der Waals surface area contributed by atoms with Crippen LogP contribution in [0.1, 0.15) is 0 Å². The fourth-order valence-corrected chi connectivity index (χ4v) is 0. The van der Waals surface area contributed by atoms with Crippen LogP contribution in [0.4, 0.5) is 0 Å². The zero-order chi connectivity index (χ0) is 2.71. The van der Waals surface area contributed by atoms with Gasteiger partial charge in [-0.05, 0) is 6.92 Å². The molecular weight excluding hydrogens is 80.1 g/mol. The van der Waals surface area contributed by atoms with Gasteiger partial charge in [0.15, 0.2) is 0 Å². The summed E-state index contributed by atoms with van der Waals surface area (Å²) in [6.07, 6.45) is 0. The van der Waals surface area contributed by atoms with E-state index in [1.165, 1.54) is 0 Å². The van der Waals surface area contributed by atoms with Crippen LogP contribution < -0.4 is 0 Å². The van der Waals surface area contributed by atoms with E-state index in [4.69, 9.17) is 5.11 Å². The molecule has 23 valence electrons. The van der Waals surface area contributed by atoms with Crippen LogP contribution in [0.25, 0.3) is 0 Å². The Kier molecular flexibility index (Phi) is 19.9. The second-order valence-electron chi connectivity index (χ2n) is 0.224. The Labute approximate surface area is 56.0 Å². The third-order valence-electron chi connectivity index (χ3n) is 0. The first kappa shape index (κ1) is 8.97. The standard InChI is InChI=1S/C2H5O.Ca.2H/c1-2-3;;;/h3H,1-2H2;;;. The Balaban J connectivity index is 0. The second-order valence-corrected chi connectivity index (χ2v) is 0.224. The van der Waals surface area contributed by atoms with Crippen LogP contribution in [0.3, 0.4) is 0 Å². The quantitative estimate of drug-likeness (QED) is 0.372. The Hall–Kier alpha value is 1.22. The molecular formula is C2H7CaO. The molecule has 1 nitrogen and oxygen atoms in total. The molecule has 0 heterocycles. The topological polar surface area (TPSA) is 20.2 Å². The number of rotatable bonds is 0. The van der Waals surface area contributed by atoms with Gasteiger partial charge in [0.05, 0.1) is 0 Å². The van der Waals surface area contributed by atoms with E-state index < -0.39 is 0 Å². The van der Waals surface area contributed by atoms with E-state index in [-0.39, 0.29) is 44.3 Å². The van der Waals surface area contributed by atoms with Gasteiger partial charge in [0.25, 0.3) is 0 Å². The minimum atomic E-state index is 0. The van der Waals surface area contributed by atoms with E-state index >= 15 is 0 Å². The fraction of sp³-hybridized carbons (Fsp3) is 0.500. The fourth-order valence-electron chi connectivity index (χ4n) is 0. The van der Waals surface area contributed by atoms with Crippen LogP contribution in [0, 0.1) is 6.92 Å². The zero-order valence-electron chi connectivity index (χ0n) is 1.86. The molecule has 2 heteroatoms. The van der Waals surface area contributed by atoms with Crippen molar-refractivity contribution in [2.45, 2.75) is 0 Å². The molecule has 0 rings (SSSR count). The first-order chi connectivity index (χ1) is 1.41. The summed E-state index contributed by atoms with van der Waals surface area (Å²) in [5.74, 6) is 0. The molecule has 0 amide bonds. The average molecular weight is 87.2 g/mol. The molecule has 0 saturated heterocycles. The van der Waals surface area contributed by atoms with E-state index in [1.54, 1.807) is 0 Å². The van der Waals surface area contributed by atoms with Crippen LogP contribution in [-0.4, -0.2) is 49.5 Å². The van der Waals surface area contributed by atoms with Gasteiger partial charge in [-0.1, -0.05) is 0 Å². The Morgan fingerprint density at radius 1 is 1.75 bits per heavy atom. The van der Waals surface area contributed by atoms with Crippen LogP contribution in [0.2, 0.25) is 0 Å². The molecule has 0 atom stereocenters. The molecule has 0 aromatic rings. The van der Waals surface area contributed by atoms with Crippen molar-refractivity contribution in [2.24, 2.45) is 0 Å². The van der Waals surface area contributed by atoms with Gasteiger partial charge in [0.2, 0.25) is 0 Å². The van der Waals surface area contributed by atoms with Gasteiger partial charge in [-0.25, -0.2) is 0 Å². The van der Waals surface area contributed by atoms with Crippen molar-refractivity contribution in [3.8, 4) is 0 Å². The molecule has 0 fully saturated rings. The summed E-state index contributed by atoms with van der Waals surface area (Å²) in [5.41, 5.74) is 0. The predicted molar refractivity (Wildman–Crippen MR) is 21.0 cm³/mol. The molecule has 4 heavy (non-hydrogen) atoms. The monoisotopic (exact) mass is 87.0 g/mol. The predicted octanol–water partition coefficient (Wildman–Crippen LogP) is -1.10. The molecule has 0 aliphatic heterocycles. The molecule has 0 unspecified atom stereocenters. The summed E-state index contributed by atoms with van der Waals surface area (Å²) in [6.45, 7) is 3.04.